The molecule has 2 amide bonds. The monoisotopic (exact) mass is 265 g/mol. The summed E-state index contributed by atoms with van der Waals surface area (Å²) in [5.41, 5.74) is 6.22. The Bertz CT molecular complexity index is 438. The van der Waals surface area contributed by atoms with Crippen LogP contribution in [0.25, 0.3) is 0 Å². The van der Waals surface area contributed by atoms with Gasteiger partial charge >= 0.3 is 6.03 Å². The van der Waals surface area contributed by atoms with Crippen molar-refractivity contribution in [2.24, 2.45) is 5.73 Å². The largest absolute Gasteiger partial charge is 0.334 e. The Morgan fingerprint density at radius 2 is 1.95 bits per heavy atom. The van der Waals surface area contributed by atoms with Crippen LogP contribution in [0.5, 0.6) is 0 Å². The molecule has 1 aromatic rings. The first-order valence-electron chi connectivity index (χ1n) is 6.74. The normalized spacial score (nSPS) is 23.5. The van der Waals surface area contributed by atoms with Gasteiger partial charge < -0.3 is 16.4 Å². The SMILES string of the molecule is NC1CCCCCC1NC(=O)Nc1ccccc1F. The van der Waals surface area contributed by atoms with Crippen LogP contribution in [0.2, 0.25) is 0 Å². The summed E-state index contributed by atoms with van der Waals surface area (Å²) in [6.07, 6.45) is 5.13. The van der Waals surface area contributed by atoms with Crippen molar-refractivity contribution in [3.05, 3.63) is 30.1 Å². The summed E-state index contributed by atoms with van der Waals surface area (Å²) in [5, 5.41) is 5.36. The van der Waals surface area contributed by atoms with E-state index in [0.29, 0.717) is 0 Å². The number of hydrogen-bond acceptors (Lipinski definition) is 2. The molecule has 0 saturated heterocycles. The molecule has 4 nitrogen and oxygen atoms in total. The van der Waals surface area contributed by atoms with Crippen LogP contribution < -0.4 is 16.4 Å². The molecule has 0 spiro atoms. The lowest BCUT2D eigenvalue weighted by Crippen LogP contribution is -2.48. The van der Waals surface area contributed by atoms with Gasteiger partial charge in [-0.15, -0.1) is 0 Å². The minimum atomic E-state index is -0.442. The number of nitrogens with two attached hydrogens (primary N) is 1. The van der Waals surface area contributed by atoms with Crippen LogP contribution in [0.3, 0.4) is 0 Å². The molecule has 1 fully saturated rings. The van der Waals surface area contributed by atoms with Gasteiger partial charge in [-0.2, -0.15) is 0 Å². The fourth-order valence-electron chi connectivity index (χ4n) is 2.40. The molecular formula is C14H20FN3O. The maximum absolute atomic E-state index is 13.4. The Kier molecular flexibility index (Phi) is 4.74. The molecule has 1 saturated carbocycles. The van der Waals surface area contributed by atoms with Gasteiger partial charge in [0.05, 0.1) is 5.69 Å². The lowest BCUT2D eigenvalue weighted by molar-refractivity contribution is 0.245. The molecule has 0 heterocycles. The topological polar surface area (TPSA) is 67.1 Å². The van der Waals surface area contributed by atoms with Crippen LogP contribution in [0.4, 0.5) is 14.9 Å². The van der Waals surface area contributed by atoms with Crippen molar-refractivity contribution >= 4 is 11.7 Å². The van der Waals surface area contributed by atoms with Crippen LogP contribution >= 0.6 is 0 Å². The Labute approximate surface area is 112 Å². The van der Waals surface area contributed by atoms with Gasteiger partial charge in [0, 0.05) is 12.1 Å². The quantitative estimate of drug-likeness (QED) is 0.719. The van der Waals surface area contributed by atoms with E-state index in [0.717, 1.165) is 32.1 Å². The van der Waals surface area contributed by atoms with E-state index in [1.54, 1.807) is 12.1 Å². The number of anilines is 1. The Hall–Kier alpha value is -1.62. The lowest BCUT2D eigenvalue weighted by atomic mass is 10.0. The summed E-state index contributed by atoms with van der Waals surface area (Å²) >= 11 is 0. The fraction of sp³-hybridized carbons (Fsp3) is 0.500. The third kappa shape index (κ3) is 3.92. The molecule has 104 valence electrons. The average molecular weight is 265 g/mol. The highest BCUT2D eigenvalue weighted by Gasteiger charge is 2.22. The lowest BCUT2D eigenvalue weighted by Gasteiger charge is -2.22. The summed E-state index contributed by atoms with van der Waals surface area (Å²) in [6.45, 7) is 0. The van der Waals surface area contributed by atoms with Crippen LogP contribution in [0, 0.1) is 5.82 Å². The second-order valence-corrected chi connectivity index (χ2v) is 4.99. The summed E-state index contributed by atoms with van der Waals surface area (Å²) in [5.74, 6) is -0.442. The number of halogens is 1. The fourth-order valence-corrected chi connectivity index (χ4v) is 2.40. The second-order valence-electron chi connectivity index (χ2n) is 4.99. The highest BCUT2D eigenvalue weighted by Crippen LogP contribution is 2.17. The highest BCUT2D eigenvalue weighted by atomic mass is 19.1. The van der Waals surface area contributed by atoms with Gasteiger partial charge in [-0.05, 0) is 25.0 Å². The maximum atomic E-state index is 13.4. The van der Waals surface area contributed by atoms with Crippen LogP contribution in [-0.4, -0.2) is 18.1 Å². The number of para-hydroxylation sites is 1. The molecule has 0 aliphatic heterocycles. The van der Waals surface area contributed by atoms with E-state index in [1.165, 1.54) is 12.1 Å². The van der Waals surface area contributed by atoms with Gasteiger partial charge in [-0.1, -0.05) is 31.4 Å². The molecule has 2 rings (SSSR count). The van der Waals surface area contributed by atoms with Gasteiger partial charge in [0.15, 0.2) is 0 Å². The van der Waals surface area contributed by atoms with Gasteiger partial charge in [-0.3, -0.25) is 0 Å². The van der Waals surface area contributed by atoms with Gasteiger partial charge in [0.25, 0.3) is 0 Å². The molecule has 1 aliphatic rings. The second kappa shape index (κ2) is 6.52. The number of carbonyl (C=O) groups excluding carboxylic acids is 1. The Morgan fingerprint density at radius 3 is 2.74 bits per heavy atom. The van der Waals surface area contributed by atoms with Crippen molar-refractivity contribution < 1.29 is 9.18 Å². The first-order chi connectivity index (χ1) is 9.16. The van der Waals surface area contributed by atoms with E-state index in [2.05, 4.69) is 10.6 Å². The van der Waals surface area contributed by atoms with Crippen molar-refractivity contribution in [1.82, 2.24) is 5.32 Å². The molecule has 2 unspecified atom stereocenters. The predicted molar refractivity (Wildman–Crippen MR) is 73.4 cm³/mol. The standard InChI is InChI=1S/C14H20FN3O/c15-10-6-4-5-8-12(10)17-14(19)18-13-9-3-1-2-7-11(13)16/h4-6,8,11,13H,1-3,7,9,16H2,(H2,17,18,19). The number of carbonyl (C=O) groups is 1. The van der Waals surface area contributed by atoms with Crippen LogP contribution in [0.15, 0.2) is 24.3 Å². The zero-order valence-corrected chi connectivity index (χ0v) is 10.9. The van der Waals surface area contributed by atoms with E-state index >= 15 is 0 Å². The minimum Gasteiger partial charge on any atom is -0.334 e. The maximum Gasteiger partial charge on any atom is 0.319 e. The molecule has 2 atom stereocenters. The predicted octanol–water partition coefficient (Wildman–Crippen LogP) is 2.61. The van der Waals surface area contributed by atoms with E-state index < -0.39 is 11.8 Å². The first-order valence-corrected chi connectivity index (χ1v) is 6.74. The first kappa shape index (κ1) is 13.8. The summed E-state index contributed by atoms with van der Waals surface area (Å²) in [4.78, 5) is 11.8. The van der Waals surface area contributed by atoms with E-state index in [1.807, 2.05) is 0 Å². The van der Waals surface area contributed by atoms with Crippen LogP contribution in [0.1, 0.15) is 32.1 Å². The van der Waals surface area contributed by atoms with E-state index in [-0.39, 0.29) is 17.8 Å². The molecule has 0 radical (unpaired) electrons. The summed E-state index contributed by atoms with van der Waals surface area (Å²) in [7, 11) is 0. The number of benzene rings is 1. The molecule has 0 bridgehead atoms. The smallest absolute Gasteiger partial charge is 0.319 e. The number of hydrogen-bond donors (Lipinski definition) is 3. The molecule has 0 aromatic heterocycles. The highest BCUT2D eigenvalue weighted by molar-refractivity contribution is 5.89. The molecule has 4 N–H and O–H groups in total. The van der Waals surface area contributed by atoms with Crippen molar-refractivity contribution in [2.45, 2.75) is 44.2 Å². The molecule has 5 heteroatoms. The van der Waals surface area contributed by atoms with Crippen molar-refractivity contribution in [1.29, 1.82) is 0 Å². The third-order valence-electron chi connectivity index (χ3n) is 3.51. The van der Waals surface area contributed by atoms with Crippen molar-refractivity contribution in [3.8, 4) is 0 Å². The Morgan fingerprint density at radius 1 is 1.21 bits per heavy atom. The van der Waals surface area contributed by atoms with E-state index in [9.17, 15) is 9.18 Å². The van der Waals surface area contributed by atoms with Gasteiger partial charge in [-0.25, -0.2) is 9.18 Å². The minimum absolute atomic E-state index is 0.0196. The number of nitrogens with one attached hydrogen (secondary N) is 2. The molecule has 1 aromatic carbocycles. The van der Waals surface area contributed by atoms with Gasteiger partial charge in [0.1, 0.15) is 5.82 Å². The average Bonchev–Trinajstić information content (AvgIpc) is 2.58. The van der Waals surface area contributed by atoms with Crippen molar-refractivity contribution in [2.75, 3.05) is 5.32 Å². The molecule has 19 heavy (non-hydrogen) atoms. The third-order valence-corrected chi connectivity index (χ3v) is 3.51. The number of rotatable bonds is 2. The summed E-state index contributed by atoms with van der Waals surface area (Å²) < 4.78 is 13.4. The molecular weight excluding hydrogens is 245 g/mol. The zero-order valence-electron chi connectivity index (χ0n) is 10.9. The molecule has 1 aliphatic carbocycles. The van der Waals surface area contributed by atoms with E-state index in [4.69, 9.17) is 5.73 Å². The zero-order chi connectivity index (χ0) is 13.7. The van der Waals surface area contributed by atoms with Crippen LogP contribution in [-0.2, 0) is 0 Å². The number of urea groups is 1. The van der Waals surface area contributed by atoms with Crippen molar-refractivity contribution in [3.63, 3.8) is 0 Å². The number of amides is 2. The van der Waals surface area contributed by atoms with Gasteiger partial charge in [0.2, 0.25) is 0 Å². The summed E-state index contributed by atoms with van der Waals surface area (Å²) in [6, 6.07) is 5.65. The Balaban J connectivity index is 1.92.